The fourth-order valence-corrected chi connectivity index (χ4v) is 5.14. The molecule has 36 heavy (non-hydrogen) atoms. The maximum absolute atomic E-state index is 8.81. The van der Waals surface area contributed by atoms with E-state index in [1.54, 1.807) is 29.2 Å². The first kappa shape index (κ1) is 15.8. The van der Waals surface area contributed by atoms with E-state index in [4.69, 9.17) is 13.4 Å². The summed E-state index contributed by atoms with van der Waals surface area (Å²) in [4.78, 5) is 5.21. The summed E-state index contributed by atoms with van der Waals surface area (Å²) in [6.07, 6.45) is 0. The largest absolute Gasteiger partial charge is 0.310 e. The fourth-order valence-electron chi connectivity index (χ4n) is 5.14. The molecule has 168 valence electrons. The smallest absolute Gasteiger partial charge is 0.187 e. The third kappa shape index (κ3) is 2.99. The SMILES string of the molecule is [2H]c1c([2H])c([2H])c(N(c2ccc([N+]#[C-])cc2)c2ccc3c4c2ccc2cccc(c24)n3-c2ccccc2)c([2H])c1[2H]. The Kier molecular flexibility index (Phi) is 3.51. The van der Waals surface area contributed by atoms with Gasteiger partial charge < -0.3 is 9.47 Å². The molecule has 3 nitrogen and oxygen atoms in total. The van der Waals surface area contributed by atoms with Crippen molar-refractivity contribution in [2.75, 3.05) is 4.90 Å². The molecule has 0 unspecified atom stereocenters. The van der Waals surface area contributed by atoms with Gasteiger partial charge in [-0.1, -0.05) is 72.7 Å². The standard InChI is InChI=1S/C33H21N3/c1-34-24-16-18-27(19-17-24)35(25-10-4-2-5-11-25)29-21-22-31-33-28(29)20-15-23-9-8-14-30(32(23)33)36(31)26-12-6-3-7-13-26/h2-22H/i2D,4D,5D,10D,11D. The van der Waals surface area contributed by atoms with Gasteiger partial charge in [-0.3, -0.25) is 0 Å². The van der Waals surface area contributed by atoms with Gasteiger partial charge in [-0.2, -0.15) is 0 Å². The summed E-state index contributed by atoms with van der Waals surface area (Å²) in [7, 11) is 0. The van der Waals surface area contributed by atoms with E-state index < -0.39 is 18.1 Å². The number of aromatic nitrogens is 1. The van der Waals surface area contributed by atoms with Gasteiger partial charge in [0.05, 0.1) is 30.1 Å². The minimum absolute atomic E-state index is 0.0492. The van der Waals surface area contributed by atoms with Crippen molar-refractivity contribution >= 4 is 55.3 Å². The molecule has 0 saturated heterocycles. The highest BCUT2D eigenvalue weighted by atomic mass is 15.1. The molecule has 1 heterocycles. The van der Waals surface area contributed by atoms with E-state index in [-0.39, 0.29) is 17.8 Å². The second-order valence-electron chi connectivity index (χ2n) is 8.58. The summed E-state index contributed by atoms with van der Waals surface area (Å²) in [5.74, 6) is 0. The van der Waals surface area contributed by atoms with Gasteiger partial charge in [0.15, 0.2) is 5.69 Å². The van der Waals surface area contributed by atoms with E-state index in [2.05, 4.69) is 39.7 Å². The number of para-hydroxylation sites is 2. The van der Waals surface area contributed by atoms with Crippen LogP contribution in [0.5, 0.6) is 0 Å². The maximum Gasteiger partial charge on any atom is 0.187 e. The summed E-state index contributed by atoms with van der Waals surface area (Å²) in [6.45, 7) is 7.38. The molecule has 0 bridgehead atoms. The number of anilines is 3. The van der Waals surface area contributed by atoms with Crippen LogP contribution < -0.4 is 4.90 Å². The van der Waals surface area contributed by atoms with Gasteiger partial charge in [-0.25, -0.2) is 4.85 Å². The van der Waals surface area contributed by atoms with Gasteiger partial charge in [0.1, 0.15) is 0 Å². The highest BCUT2D eigenvalue weighted by molar-refractivity contribution is 6.26. The molecule has 0 atom stereocenters. The van der Waals surface area contributed by atoms with E-state index in [1.807, 2.05) is 42.5 Å². The van der Waals surface area contributed by atoms with Crippen molar-refractivity contribution in [3.63, 3.8) is 0 Å². The number of nitrogens with zero attached hydrogens (tertiary/aromatic N) is 3. The first-order valence-electron chi connectivity index (χ1n) is 14.1. The lowest BCUT2D eigenvalue weighted by Crippen LogP contribution is -2.10. The van der Waals surface area contributed by atoms with Crippen LogP contribution in [0.3, 0.4) is 0 Å². The summed E-state index contributed by atoms with van der Waals surface area (Å²) in [5.41, 5.74) is 4.84. The van der Waals surface area contributed by atoms with Crippen LogP contribution in [-0.2, 0) is 0 Å². The Labute approximate surface area is 216 Å². The van der Waals surface area contributed by atoms with Crippen LogP contribution in [0.2, 0.25) is 0 Å². The Hall–Kier alpha value is -5.07. The van der Waals surface area contributed by atoms with Crippen molar-refractivity contribution in [1.82, 2.24) is 4.57 Å². The van der Waals surface area contributed by atoms with E-state index in [9.17, 15) is 0 Å². The van der Waals surface area contributed by atoms with Crippen LogP contribution in [0.1, 0.15) is 6.85 Å². The summed E-state index contributed by atoms with van der Waals surface area (Å²) in [6, 6.07) is 29.4. The van der Waals surface area contributed by atoms with Crippen LogP contribution >= 0.6 is 0 Å². The Morgan fingerprint density at radius 2 is 1.44 bits per heavy atom. The van der Waals surface area contributed by atoms with Crippen LogP contribution in [0.15, 0.2) is 127 Å². The zero-order valence-corrected chi connectivity index (χ0v) is 19.1. The van der Waals surface area contributed by atoms with Crippen molar-refractivity contribution in [1.29, 1.82) is 0 Å². The van der Waals surface area contributed by atoms with Crippen molar-refractivity contribution in [2.24, 2.45) is 0 Å². The molecule has 0 aliphatic rings. The normalized spacial score (nSPS) is 13.2. The third-order valence-corrected chi connectivity index (χ3v) is 6.64. The molecular formula is C33H21N3. The van der Waals surface area contributed by atoms with Gasteiger partial charge in [-0.05, 0) is 59.9 Å². The molecule has 0 amide bonds. The van der Waals surface area contributed by atoms with Crippen molar-refractivity contribution in [3.05, 3.63) is 139 Å². The minimum atomic E-state index is -0.445. The molecule has 7 aromatic rings. The monoisotopic (exact) mass is 464 g/mol. The van der Waals surface area contributed by atoms with Gasteiger partial charge in [0, 0.05) is 33.2 Å². The van der Waals surface area contributed by atoms with Crippen molar-refractivity contribution in [3.8, 4) is 5.69 Å². The van der Waals surface area contributed by atoms with Gasteiger partial charge in [0.25, 0.3) is 0 Å². The molecule has 3 heteroatoms. The zero-order chi connectivity index (χ0) is 28.4. The van der Waals surface area contributed by atoms with E-state index in [0.717, 1.165) is 38.3 Å². The minimum Gasteiger partial charge on any atom is -0.310 e. The number of benzene rings is 6. The Morgan fingerprint density at radius 3 is 2.22 bits per heavy atom. The summed E-state index contributed by atoms with van der Waals surface area (Å²) >= 11 is 0. The topological polar surface area (TPSA) is 12.5 Å². The summed E-state index contributed by atoms with van der Waals surface area (Å²) < 4.78 is 44.7. The molecule has 0 saturated carbocycles. The lowest BCUT2D eigenvalue weighted by atomic mass is 10.00. The number of rotatable bonds is 4. The predicted molar refractivity (Wildman–Crippen MR) is 150 cm³/mol. The van der Waals surface area contributed by atoms with Crippen LogP contribution in [0, 0.1) is 6.57 Å². The second-order valence-corrected chi connectivity index (χ2v) is 8.58. The molecule has 6 aromatic carbocycles. The molecule has 7 rings (SSSR count). The average molecular weight is 465 g/mol. The summed E-state index contributed by atoms with van der Waals surface area (Å²) in [5, 5.41) is 4.08. The molecule has 0 N–H and O–H groups in total. The van der Waals surface area contributed by atoms with Crippen molar-refractivity contribution in [2.45, 2.75) is 0 Å². The first-order chi connectivity index (χ1) is 19.9. The molecule has 0 spiro atoms. The average Bonchev–Trinajstić information content (AvgIpc) is 3.36. The van der Waals surface area contributed by atoms with Gasteiger partial charge in [-0.15, -0.1) is 0 Å². The lowest BCUT2D eigenvalue weighted by molar-refractivity contribution is 1.18. The molecule has 0 aliphatic carbocycles. The fraction of sp³-hybridized carbons (Fsp3) is 0. The Morgan fingerprint density at radius 1 is 0.667 bits per heavy atom. The van der Waals surface area contributed by atoms with E-state index in [0.29, 0.717) is 17.1 Å². The van der Waals surface area contributed by atoms with E-state index in [1.165, 1.54) is 0 Å². The highest BCUT2D eigenvalue weighted by Gasteiger charge is 2.21. The van der Waals surface area contributed by atoms with Gasteiger partial charge in [0.2, 0.25) is 0 Å². The Balaban J connectivity index is 1.61. The zero-order valence-electron chi connectivity index (χ0n) is 24.1. The van der Waals surface area contributed by atoms with Crippen molar-refractivity contribution < 1.29 is 6.85 Å². The molecule has 0 fully saturated rings. The molecular weight excluding hydrogens is 438 g/mol. The number of hydrogen-bond donors (Lipinski definition) is 0. The van der Waals surface area contributed by atoms with Gasteiger partial charge >= 0.3 is 0 Å². The molecule has 0 aliphatic heterocycles. The third-order valence-electron chi connectivity index (χ3n) is 6.64. The maximum atomic E-state index is 8.81. The Bertz CT molecular complexity index is 2130. The molecule has 1 aromatic heterocycles. The molecule has 0 radical (unpaired) electrons. The lowest BCUT2D eigenvalue weighted by Gasteiger charge is -2.27. The van der Waals surface area contributed by atoms with E-state index >= 15 is 0 Å². The van der Waals surface area contributed by atoms with Crippen LogP contribution in [0.25, 0.3) is 43.1 Å². The second kappa shape index (κ2) is 8.01. The van der Waals surface area contributed by atoms with Crippen LogP contribution in [-0.4, -0.2) is 4.57 Å². The quantitative estimate of drug-likeness (QED) is 0.187. The predicted octanol–water partition coefficient (Wildman–Crippen LogP) is 9.40. The first-order valence-corrected chi connectivity index (χ1v) is 11.6. The highest BCUT2D eigenvalue weighted by Crippen LogP contribution is 2.45. The number of hydrogen-bond acceptors (Lipinski definition) is 1. The van der Waals surface area contributed by atoms with Crippen LogP contribution in [0.4, 0.5) is 22.7 Å².